The first kappa shape index (κ1) is 16.2. The van der Waals surface area contributed by atoms with Gasteiger partial charge >= 0.3 is 12.1 Å². The number of halogens is 3. The summed E-state index contributed by atoms with van der Waals surface area (Å²) in [5.41, 5.74) is -1.33. The highest BCUT2D eigenvalue weighted by molar-refractivity contribution is 6.07. The maximum absolute atomic E-state index is 13.2. The molecule has 120 valence electrons. The summed E-state index contributed by atoms with van der Waals surface area (Å²) in [6.45, 7) is 0.431. The Hall–Kier alpha value is -2.22. The second kappa shape index (κ2) is 5.88. The van der Waals surface area contributed by atoms with Gasteiger partial charge in [0.25, 0.3) is 0 Å². The Kier molecular flexibility index (Phi) is 4.32. The summed E-state index contributed by atoms with van der Waals surface area (Å²) in [5.74, 6) is -1.26. The highest BCUT2D eigenvalue weighted by atomic mass is 19.4. The molecule has 1 aromatic heterocycles. The smallest absolute Gasteiger partial charge is 0.417 e. The Morgan fingerprint density at radius 1 is 1.32 bits per heavy atom. The van der Waals surface area contributed by atoms with E-state index in [4.69, 9.17) is 9.47 Å². The maximum Gasteiger partial charge on any atom is 0.417 e. The van der Waals surface area contributed by atoms with Crippen molar-refractivity contribution in [1.82, 2.24) is 4.57 Å². The van der Waals surface area contributed by atoms with E-state index in [1.807, 2.05) is 0 Å². The third-order valence-corrected chi connectivity index (χ3v) is 3.27. The monoisotopic (exact) mass is 317 g/mol. The first-order valence-corrected chi connectivity index (χ1v) is 6.30. The lowest BCUT2D eigenvalue weighted by atomic mass is 10.1. The van der Waals surface area contributed by atoms with Gasteiger partial charge in [0.1, 0.15) is 5.75 Å². The fourth-order valence-electron chi connectivity index (χ4n) is 2.34. The van der Waals surface area contributed by atoms with Crippen LogP contribution in [0.4, 0.5) is 13.2 Å². The van der Waals surface area contributed by atoms with Crippen LogP contribution in [-0.2, 0) is 17.5 Å². The number of carboxylic acid groups (broad SMARTS) is 1. The first-order chi connectivity index (χ1) is 10.3. The topological polar surface area (TPSA) is 60.7 Å². The molecule has 0 aliphatic heterocycles. The molecular formula is C14H14F3NO4. The number of alkyl halides is 3. The third kappa shape index (κ3) is 2.74. The van der Waals surface area contributed by atoms with E-state index in [2.05, 4.69) is 0 Å². The minimum atomic E-state index is -4.66. The summed E-state index contributed by atoms with van der Waals surface area (Å²) in [6, 6.07) is 2.01. The zero-order valence-corrected chi connectivity index (χ0v) is 11.9. The number of carboxylic acids is 1. The molecule has 1 aromatic carbocycles. The summed E-state index contributed by atoms with van der Waals surface area (Å²) in [7, 11) is 2.76. The van der Waals surface area contributed by atoms with Crippen LogP contribution in [0.3, 0.4) is 0 Å². The van der Waals surface area contributed by atoms with Crippen molar-refractivity contribution in [3.63, 3.8) is 0 Å². The van der Waals surface area contributed by atoms with Gasteiger partial charge < -0.3 is 19.1 Å². The van der Waals surface area contributed by atoms with Crippen LogP contribution < -0.4 is 4.74 Å². The van der Waals surface area contributed by atoms with Crippen LogP contribution in [0.15, 0.2) is 18.3 Å². The Balaban J connectivity index is 2.85. The van der Waals surface area contributed by atoms with Crippen molar-refractivity contribution in [3.05, 3.63) is 29.5 Å². The molecule has 0 bridgehead atoms. The second-order valence-corrected chi connectivity index (χ2v) is 4.57. The van der Waals surface area contributed by atoms with Crippen LogP contribution in [0.5, 0.6) is 5.75 Å². The SMILES string of the molecule is COCCn1cc(C(=O)O)c2c(C(F)(F)F)ccc(OC)c21. The van der Waals surface area contributed by atoms with Gasteiger partial charge in [-0.25, -0.2) is 4.79 Å². The van der Waals surface area contributed by atoms with Crippen LogP contribution in [0.1, 0.15) is 15.9 Å². The molecule has 0 amide bonds. The van der Waals surface area contributed by atoms with Gasteiger partial charge in [0.2, 0.25) is 0 Å². The zero-order chi connectivity index (χ0) is 16.5. The number of fused-ring (bicyclic) bond motifs is 1. The fourth-order valence-corrected chi connectivity index (χ4v) is 2.34. The Labute approximate surface area is 123 Å². The molecule has 0 atom stereocenters. The number of rotatable bonds is 5. The fraction of sp³-hybridized carbons (Fsp3) is 0.357. The largest absolute Gasteiger partial charge is 0.495 e. The molecule has 1 N–H and O–H groups in total. The molecule has 0 aliphatic rings. The molecule has 0 unspecified atom stereocenters. The Morgan fingerprint density at radius 2 is 2.00 bits per heavy atom. The molecule has 0 spiro atoms. The van der Waals surface area contributed by atoms with E-state index < -0.39 is 23.3 Å². The van der Waals surface area contributed by atoms with Crippen molar-refractivity contribution in [1.29, 1.82) is 0 Å². The summed E-state index contributed by atoms with van der Waals surface area (Å²) in [4.78, 5) is 11.3. The summed E-state index contributed by atoms with van der Waals surface area (Å²) in [6.07, 6.45) is -3.49. The molecule has 0 fully saturated rings. The summed E-state index contributed by atoms with van der Waals surface area (Å²) < 4.78 is 51.0. The van der Waals surface area contributed by atoms with Crippen LogP contribution >= 0.6 is 0 Å². The van der Waals surface area contributed by atoms with Crippen molar-refractivity contribution < 1.29 is 32.5 Å². The van der Waals surface area contributed by atoms with E-state index in [1.165, 1.54) is 31.0 Å². The number of ether oxygens (including phenoxy) is 2. The van der Waals surface area contributed by atoms with Crippen molar-refractivity contribution in [3.8, 4) is 5.75 Å². The van der Waals surface area contributed by atoms with E-state index in [0.717, 1.165) is 6.07 Å². The molecule has 22 heavy (non-hydrogen) atoms. The van der Waals surface area contributed by atoms with Gasteiger partial charge in [-0.3, -0.25) is 0 Å². The van der Waals surface area contributed by atoms with E-state index >= 15 is 0 Å². The average molecular weight is 317 g/mol. The standard InChI is InChI=1S/C14H14F3NO4/c1-21-6-5-18-7-8(13(19)20)11-9(14(15,16)17)3-4-10(22-2)12(11)18/h3-4,7H,5-6H2,1-2H3,(H,19,20). The molecule has 0 radical (unpaired) electrons. The van der Waals surface area contributed by atoms with Crippen molar-refractivity contribution in [2.24, 2.45) is 0 Å². The Bertz CT molecular complexity index is 706. The third-order valence-electron chi connectivity index (χ3n) is 3.27. The van der Waals surface area contributed by atoms with Crippen LogP contribution in [-0.4, -0.2) is 36.5 Å². The molecule has 8 heteroatoms. The first-order valence-electron chi connectivity index (χ1n) is 6.30. The maximum atomic E-state index is 13.2. The van der Waals surface area contributed by atoms with Gasteiger partial charge in [-0.2, -0.15) is 13.2 Å². The quantitative estimate of drug-likeness (QED) is 0.921. The summed E-state index contributed by atoms with van der Waals surface area (Å²) in [5, 5.41) is 8.84. The normalized spacial score (nSPS) is 11.9. The number of carbonyl (C=O) groups is 1. The van der Waals surface area contributed by atoms with Gasteiger partial charge in [-0.05, 0) is 12.1 Å². The molecule has 0 saturated heterocycles. The van der Waals surface area contributed by atoms with E-state index in [-0.39, 0.29) is 29.8 Å². The van der Waals surface area contributed by atoms with Gasteiger partial charge in [0.05, 0.1) is 30.4 Å². The molecular weight excluding hydrogens is 303 g/mol. The van der Waals surface area contributed by atoms with E-state index in [1.54, 1.807) is 0 Å². The average Bonchev–Trinajstić information content (AvgIpc) is 2.82. The predicted molar refractivity (Wildman–Crippen MR) is 72.3 cm³/mol. The lowest BCUT2D eigenvalue weighted by molar-refractivity contribution is -0.136. The molecule has 0 saturated carbocycles. The summed E-state index contributed by atoms with van der Waals surface area (Å²) >= 11 is 0. The van der Waals surface area contributed by atoms with Crippen LogP contribution in [0.2, 0.25) is 0 Å². The molecule has 0 aliphatic carbocycles. The van der Waals surface area contributed by atoms with Crippen LogP contribution in [0.25, 0.3) is 10.9 Å². The highest BCUT2D eigenvalue weighted by Crippen LogP contribution is 2.40. The van der Waals surface area contributed by atoms with Crippen molar-refractivity contribution >= 4 is 16.9 Å². The number of methoxy groups -OCH3 is 2. The second-order valence-electron chi connectivity index (χ2n) is 4.57. The van der Waals surface area contributed by atoms with Gasteiger partial charge in [0.15, 0.2) is 0 Å². The van der Waals surface area contributed by atoms with Crippen molar-refractivity contribution in [2.45, 2.75) is 12.7 Å². The van der Waals surface area contributed by atoms with E-state index in [9.17, 15) is 23.1 Å². The molecule has 1 heterocycles. The van der Waals surface area contributed by atoms with Crippen LogP contribution in [0, 0.1) is 0 Å². The molecule has 2 aromatic rings. The number of aromatic nitrogens is 1. The van der Waals surface area contributed by atoms with E-state index in [0.29, 0.717) is 0 Å². The van der Waals surface area contributed by atoms with Gasteiger partial charge in [-0.1, -0.05) is 0 Å². The van der Waals surface area contributed by atoms with Crippen molar-refractivity contribution in [2.75, 3.05) is 20.8 Å². The minimum Gasteiger partial charge on any atom is -0.495 e. The predicted octanol–water partition coefficient (Wildman–Crippen LogP) is 3.01. The Morgan fingerprint density at radius 3 is 2.50 bits per heavy atom. The zero-order valence-electron chi connectivity index (χ0n) is 11.9. The number of hydrogen-bond acceptors (Lipinski definition) is 3. The lowest BCUT2D eigenvalue weighted by Crippen LogP contribution is -2.08. The number of nitrogens with zero attached hydrogens (tertiary/aromatic N) is 1. The van der Waals surface area contributed by atoms with Gasteiger partial charge in [0, 0.05) is 25.2 Å². The lowest BCUT2D eigenvalue weighted by Gasteiger charge is -2.13. The minimum absolute atomic E-state index is 0.0896. The number of aromatic carboxylic acids is 1. The molecule has 5 nitrogen and oxygen atoms in total. The number of hydrogen-bond donors (Lipinski definition) is 1. The van der Waals surface area contributed by atoms with Gasteiger partial charge in [-0.15, -0.1) is 0 Å². The highest BCUT2D eigenvalue weighted by Gasteiger charge is 2.36. The number of benzene rings is 1. The molecule has 2 rings (SSSR count).